The molecule has 108 valence electrons. The first-order valence-electron chi connectivity index (χ1n) is 6.97. The van der Waals surface area contributed by atoms with Gasteiger partial charge in [0.1, 0.15) is 5.82 Å². The Labute approximate surface area is 116 Å². The number of hydrogen-bond acceptors (Lipinski definition) is 4. The Hall–Kier alpha value is -1.69. The fourth-order valence-corrected chi connectivity index (χ4v) is 3.49. The Morgan fingerprint density at radius 2 is 2.00 bits per heavy atom. The Balaban J connectivity index is 1.75. The number of nitrogens with one attached hydrogen (secondary N) is 1. The molecule has 0 saturated carbocycles. The van der Waals surface area contributed by atoms with Gasteiger partial charge >= 0.3 is 0 Å². The average molecular weight is 279 g/mol. The van der Waals surface area contributed by atoms with Crippen LogP contribution in [0.15, 0.2) is 18.2 Å². The van der Waals surface area contributed by atoms with Crippen LogP contribution in [0.2, 0.25) is 0 Å². The second kappa shape index (κ2) is 5.01. The minimum Gasteiger partial charge on any atom is -0.380 e. The van der Waals surface area contributed by atoms with Gasteiger partial charge in [0.15, 0.2) is 0 Å². The van der Waals surface area contributed by atoms with Crippen LogP contribution in [0.25, 0.3) is 0 Å². The number of rotatable bonds is 3. The van der Waals surface area contributed by atoms with Crippen molar-refractivity contribution in [3.05, 3.63) is 34.1 Å². The smallest absolute Gasteiger partial charge is 0.271 e. The standard InChI is InChI=1S/C14H18FN3O2/c1-17-10-2-3-11(17)7-9(6-10)16-14-8-12(18(19)20)4-5-13(14)15/h4-5,8-11,16H,2-3,6-7H2,1H3. The van der Waals surface area contributed by atoms with Gasteiger partial charge in [-0.1, -0.05) is 0 Å². The molecule has 1 N–H and O–H groups in total. The lowest BCUT2D eigenvalue weighted by molar-refractivity contribution is -0.384. The molecule has 0 radical (unpaired) electrons. The van der Waals surface area contributed by atoms with Gasteiger partial charge < -0.3 is 10.2 Å². The Morgan fingerprint density at radius 3 is 2.60 bits per heavy atom. The zero-order chi connectivity index (χ0) is 14.3. The summed E-state index contributed by atoms with van der Waals surface area (Å²) < 4.78 is 13.8. The molecule has 2 bridgehead atoms. The molecular formula is C14H18FN3O2. The van der Waals surface area contributed by atoms with Gasteiger partial charge in [0.25, 0.3) is 5.69 Å². The van der Waals surface area contributed by atoms with Gasteiger partial charge in [0.2, 0.25) is 0 Å². The number of hydrogen-bond donors (Lipinski definition) is 1. The van der Waals surface area contributed by atoms with Gasteiger partial charge in [-0.2, -0.15) is 0 Å². The van der Waals surface area contributed by atoms with Crippen LogP contribution in [-0.2, 0) is 0 Å². The topological polar surface area (TPSA) is 58.4 Å². The van der Waals surface area contributed by atoms with Gasteiger partial charge in [-0.25, -0.2) is 4.39 Å². The van der Waals surface area contributed by atoms with Gasteiger partial charge in [0.05, 0.1) is 10.6 Å². The van der Waals surface area contributed by atoms with Gasteiger partial charge in [-0.15, -0.1) is 0 Å². The molecule has 2 aliphatic rings. The molecule has 2 heterocycles. The van der Waals surface area contributed by atoms with Gasteiger partial charge in [0, 0.05) is 30.3 Å². The molecule has 1 aromatic rings. The zero-order valence-corrected chi connectivity index (χ0v) is 11.4. The van der Waals surface area contributed by atoms with E-state index in [0.717, 1.165) is 18.9 Å². The number of nitro groups is 1. The molecule has 0 spiro atoms. The maximum atomic E-state index is 13.8. The van der Waals surface area contributed by atoms with Crippen LogP contribution in [0, 0.1) is 15.9 Å². The molecule has 2 aliphatic heterocycles. The van der Waals surface area contributed by atoms with Gasteiger partial charge in [-0.3, -0.25) is 10.1 Å². The highest BCUT2D eigenvalue weighted by molar-refractivity contribution is 5.53. The molecule has 0 amide bonds. The van der Waals surface area contributed by atoms with Crippen LogP contribution in [0.3, 0.4) is 0 Å². The largest absolute Gasteiger partial charge is 0.380 e. The van der Waals surface area contributed by atoms with Crippen LogP contribution >= 0.6 is 0 Å². The number of benzene rings is 1. The van der Waals surface area contributed by atoms with E-state index in [2.05, 4.69) is 17.3 Å². The van der Waals surface area contributed by atoms with E-state index in [1.165, 1.54) is 25.0 Å². The lowest BCUT2D eigenvalue weighted by Gasteiger charge is -2.37. The number of nitro benzene ring substituents is 1. The number of fused-ring (bicyclic) bond motifs is 2. The summed E-state index contributed by atoms with van der Waals surface area (Å²) in [6, 6.07) is 4.93. The summed E-state index contributed by atoms with van der Waals surface area (Å²) in [6.45, 7) is 0. The van der Waals surface area contributed by atoms with Crippen molar-refractivity contribution < 1.29 is 9.31 Å². The second-order valence-corrected chi connectivity index (χ2v) is 5.78. The first-order valence-corrected chi connectivity index (χ1v) is 6.97. The molecule has 3 rings (SSSR count). The quantitative estimate of drug-likeness (QED) is 0.682. The van der Waals surface area contributed by atoms with E-state index in [9.17, 15) is 14.5 Å². The van der Waals surface area contributed by atoms with Crippen molar-refractivity contribution in [3.8, 4) is 0 Å². The van der Waals surface area contributed by atoms with Crippen molar-refractivity contribution in [2.24, 2.45) is 0 Å². The van der Waals surface area contributed by atoms with Crippen molar-refractivity contribution in [3.63, 3.8) is 0 Å². The average Bonchev–Trinajstić information content (AvgIpc) is 2.64. The van der Waals surface area contributed by atoms with Crippen molar-refractivity contribution >= 4 is 11.4 Å². The zero-order valence-electron chi connectivity index (χ0n) is 11.4. The summed E-state index contributed by atoms with van der Waals surface area (Å²) in [6.07, 6.45) is 4.32. The Morgan fingerprint density at radius 1 is 1.35 bits per heavy atom. The molecule has 2 saturated heterocycles. The van der Waals surface area contributed by atoms with Crippen LogP contribution in [0.1, 0.15) is 25.7 Å². The minimum atomic E-state index is -0.497. The normalized spacial score (nSPS) is 29.4. The predicted octanol–water partition coefficient (Wildman–Crippen LogP) is 2.77. The third-order valence-corrected chi connectivity index (χ3v) is 4.62. The van der Waals surface area contributed by atoms with Crippen LogP contribution in [0.5, 0.6) is 0 Å². The van der Waals surface area contributed by atoms with Crippen LogP contribution in [-0.4, -0.2) is 35.0 Å². The molecule has 1 aromatic carbocycles. The highest BCUT2D eigenvalue weighted by atomic mass is 19.1. The van der Waals surface area contributed by atoms with Crippen LogP contribution < -0.4 is 5.32 Å². The number of nitrogens with zero attached hydrogens (tertiary/aromatic N) is 2. The van der Waals surface area contributed by atoms with Crippen molar-refractivity contribution in [2.75, 3.05) is 12.4 Å². The van der Waals surface area contributed by atoms with Gasteiger partial charge in [-0.05, 0) is 38.8 Å². The first kappa shape index (κ1) is 13.3. The first-order chi connectivity index (χ1) is 9.54. The number of piperidine rings is 1. The van der Waals surface area contributed by atoms with Crippen molar-refractivity contribution in [2.45, 2.75) is 43.8 Å². The minimum absolute atomic E-state index is 0.0789. The summed E-state index contributed by atoms with van der Waals surface area (Å²) in [5.41, 5.74) is 0.165. The monoisotopic (exact) mass is 279 g/mol. The van der Waals surface area contributed by atoms with Crippen molar-refractivity contribution in [1.29, 1.82) is 0 Å². The van der Waals surface area contributed by atoms with E-state index >= 15 is 0 Å². The van der Waals surface area contributed by atoms with Crippen LogP contribution in [0.4, 0.5) is 15.8 Å². The summed E-state index contributed by atoms with van der Waals surface area (Å²) in [7, 11) is 2.15. The van der Waals surface area contributed by atoms with E-state index in [4.69, 9.17) is 0 Å². The molecular weight excluding hydrogens is 261 g/mol. The van der Waals surface area contributed by atoms with E-state index in [1.807, 2.05) is 0 Å². The lowest BCUT2D eigenvalue weighted by atomic mass is 9.97. The van der Waals surface area contributed by atoms with E-state index in [-0.39, 0.29) is 17.4 Å². The molecule has 0 aliphatic carbocycles. The number of anilines is 1. The summed E-state index contributed by atoms with van der Waals surface area (Å²) in [5, 5.41) is 13.9. The third-order valence-electron chi connectivity index (χ3n) is 4.62. The fourth-order valence-electron chi connectivity index (χ4n) is 3.49. The van der Waals surface area contributed by atoms with E-state index in [1.54, 1.807) is 0 Å². The molecule has 2 unspecified atom stereocenters. The maximum Gasteiger partial charge on any atom is 0.271 e. The van der Waals surface area contributed by atoms with Crippen molar-refractivity contribution in [1.82, 2.24) is 4.90 Å². The summed E-state index contributed by atoms with van der Waals surface area (Å²) in [4.78, 5) is 12.7. The molecule has 0 aromatic heterocycles. The highest BCUT2D eigenvalue weighted by Gasteiger charge is 2.38. The fraction of sp³-hybridized carbons (Fsp3) is 0.571. The van der Waals surface area contributed by atoms with E-state index < -0.39 is 10.7 Å². The third kappa shape index (κ3) is 2.35. The number of non-ortho nitro benzene ring substituents is 1. The molecule has 20 heavy (non-hydrogen) atoms. The van der Waals surface area contributed by atoms with E-state index in [0.29, 0.717) is 12.1 Å². The summed E-state index contributed by atoms with van der Waals surface area (Å²) in [5.74, 6) is -0.429. The maximum absolute atomic E-state index is 13.8. The molecule has 2 atom stereocenters. The second-order valence-electron chi connectivity index (χ2n) is 5.78. The predicted molar refractivity (Wildman–Crippen MR) is 74.3 cm³/mol. The lowest BCUT2D eigenvalue weighted by Crippen LogP contribution is -2.44. The molecule has 5 nitrogen and oxygen atoms in total. The highest BCUT2D eigenvalue weighted by Crippen LogP contribution is 2.36. The SMILES string of the molecule is CN1C2CCC1CC(Nc1cc([N+](=O)[O-])ccc1F)C2. The molecule has 6 heteroatoms. The Kier molecular flexibility index (Phi) is 3.33. The number of halogens is 1. The summed E-state index contributed by atoms with van der Waals surface area (Å²) >= 11 is 0. The Bertz CT molecular complexity index is 523. The molecule has 2 fully saturated rings.